The number of nitrogens with two attached hydrogens (primary N) is 1. The van der Waals surface area contributed by atoms with E-state index in [9.17, 15) is 9.59 Å². The summed E-state index contributed by atoms with van der Waals surface area (Å²) >= 11 is 5.17. The van der Waals surface area contributed by atoms with E-state index in [0.29, 0.717) is 17.8 Å². The molecule has 1 aliphatic rings. The summed E-state index contributed by atoms with van der Waals surface area (Å²) in [5, 5.41) is 0.0799. The summed E-state index contributed by atoms with van der Waals surface area (Å²) < 4.78 is 0. The van der Waals surface area contributed by atoms with Gasteiger partial charge in [-0.3, -0.25) is 14.5 Å². The Hall–Kier alpha value is -2.73. The maximum Gasteiger partial charge on any atom is 0.225 e. The zero-order valence-electron chi connectivity index (χ0n) is 13.2. The smallest absolute Gasteiger partial charge is 0.225 e. The second kappa shape index (κ2) is 6.41. The maximum atomic E-state index is 12.9. The fourth-order valence-electron chi connectivity index (χ4n) is 2.97. The Morgan fingerprint density at radius 3 is 2.42 bits per heavy atom. The van der Waals surface area contributed by atoms with Crippen molar-refractivity contribution in [3.8, 4) is 0 Å². The number of fused-ring (bicyclic) bond motifs is 1. The number of benzene rings is 2. The van der Waals surface area contributed by atoms with Crippen LogP contribution in [0.2, 0.25) is 0 Å². The number of ketones is 1. The van der Waals surface area contributed by atoms with Crippen LogP contribution in [0.4, 0.5) is 5.69 Å². The lowest BCUT2D eigenvalue weighted by molar-refractivity contribution is -0.117. The summed E-state index contributed by atoms with van der Waals surface area (Å²) in [5.41, 5.74) is 7.95. The monoisotopic (exact) mass is 339 g/mol. The number of anilines is 1. The summed E-state index contributed by atoms with van der Waals surface area (Å²) in [6, 6.07) is 16.6. The van der Waals surface area contributed by atoms with Gasteiger partial charge in [0.2, 0.25) is 11.7 Å². The molecule has 1 amide bonds. The summed E-state index contributed by atoms with van der Waals surface area (Å²) in [4.78, 5) is 28.2. The number of hydrogen-bond donors (Lipinski definition) is 1. The summed E-state index contributed by atoms with van der Waals surface area (Å²) in [6.45, 7) is 1.78. The van der Waals surface area contributed by atoms with E-state index in [2.05, 4.69) is 0 Å². The molecular formula is C18H17N3O2S. The van der Waals surface area contributed by atoms with E-state index in [1.807, 2.05) is 30.3 Å². The number of carbonyl (C=O) groups is 2. The minimum atomic E-state index is -0.849. The van der Waals surface area contributed by atoms with Crippen molar-refractivity contribution in [2.45, 2.75) is 19.6 Å². The molecule has 0 spiro atoms. The van der Waals surface area contributed by atoms with Crippen molar-refractivity contribution in [1.29, 1.82) is 0 Å². The third-order valence-electron chi connectivity index (χ3n) is 4.02. The van der Waals surface area contributed by atoms with Crippen LogP contribution >= 0.6 is 12.2 Å². The van der Waals surface area contributed by atoms with Gasteiger partial charge in [0.1, 0.15) is 0 Å². The predicted octanol–water partition coefficient (Wildman–Crippen LogP) is 2.31. The van der Waals surface area contributed by atoms with Gasteiger partial charge in [0.15, 0.2) is 11.3 Å². The van der Waals surface area contributed by atoms with Crippen molar-refractivity contribution in [1.82, 2.24) is 4.90 Å². The van der Waals surface area contributed by atoms with E-state index in [1.165, 1.54) is 11.8 Å². The van der Waals surface area contributed by atoms with E-state index >= 15 is 0 Å². The van der Waals surface area contributed by atoms with E-state index in [0.717, 1.165) is 5.56 Å². The third kappa shape index (κ3) is 2.76. The number of para-hydroxylation sites is 1. The fourth-order valence-corrected chi connectivity index (χ4v) is 3.13. The molecule has 2 aromatic carbocycles. The largest absolute Gasteiger partial charge is 0.376 e. The zero-order chi connectivity index (χ0) is 17.3. The zero-order valence-corrected chi connectivity index (χ0v) is 14.0. The minimum absolute atomic E-state index is 0.0799. The van der Waals surface area contributed by atoms with Gasteiger partial charge in [-0.25, -0.2) is 0 Å². The summed E-state index contributed by atoms with van der Waals surface area (Å²) in [7, 11) is 0. The molecule has 0 saturated carbocycles. The Bertz CT molecular complexity index is 807. The molecule has 122 valence electrons. The number of carbonyl (C=O) groups excluding carboxylic acids is 2. The lowest BCUT2D eigenvalue weighted by atomic mass is 10.1. The molecule has 0 saturated heterocycles. The Morgan fingerprint density at radius 1 is 1.17 bits per heavy atom. The van der Waals surface area contributed by atoms with Crippen LogP contribution in [-0.2, 0) is 11.3 Å². The van der Waals surface area contributed by atoms with Gasteiger partial charge in [0.25, 0.3) is 0 Å². The lowest BCUT2D eigenvalue weighted by Gasteiger charge is -2.34. The van der Waals surface area contributed by atoms with Gasteiger partial charge in [-0.05, 0) is 29.9 Å². The molecular weight excluding hydrogens is 322 g/mol. The van der Waals surface area contributed by atoms with Gasteiger partial charge < -0.3 is 10.6 Å². The molecule has 1 atom stereocenters. The quantitative estimate of drug-likeness (QED) is 0.869. The van der Waals surface area contributed by atoms with Gasteiger partial charge in [-0.2, -0.15) is 0 Å². The first-order valence-electron chi connectivity index (χ1n) is 7.53. The van der Waals surface area contributed by atoms with Crippen molar-refractivity contribution in [2.24, 2.45) is 5.73 Å². The molecule has 0 aromatic heterocycles. The van der Waals surface area contributed by atoms with Gasteiger partial charge in [0, 0.05) is 19.0 Å². The Kier molecular flexibility index (Phi) is 4.31. The molecule has 1 heterocycles. The van der Waals surface area contributed by atoms with E-state index in [4.69, 9.17) is 18.0 Å². The van der Waals surface area contributed by atoms with Crippen molar-refractivity contribution in [3.63, 3.8) is 0 Å². The number of nitrogens with zero attached hydrogens (tertiary/aromatic N) is 2. The normalized spacial score (nSPS) is 16.0. The highest BCUT2D eigenvalue weighted by Crippen LogP contribution is 2.34. The molecule has 0 bridgehead atoms. The highest BCUT2D eigenvalue weighted by Gasteiger charge is 2.43. The van der Waals surface area contributed by atoms with Gasteiger partial charge in [0.05, 0.1) is 5.69 Å². The first-order chi connectivity index (χ1) is 11.5. The van der Waals surface area contributed by atoms with Crippen molar-refractivity contribution in [3.05, 3.63) is 65.7 Å². The van der Waals surface area contributed by atoms with E-state index in [-0.39, 0.29) is 16.8 Å². The Labute approximate surface area is 145 Å². The predicted molar refractivity (Wildman–Crippen MR) is 96.5 cm³/mol. The minimum Gasteiger partial charge on any atom is -0.376 e. The SMILES string of the molecule is CC(=O)N1c2ccccc2C(=O)[C@@H]1N(Cc1ccccc1)C(N)=S. The topological polar surface area (TPSA) is 66.6 Å². The summed E-state index contributed by atoms with van der Waals surface area (Å²) in [5.74, 6) is -0.405. The van der Waals surface area contributed by atoms with Crippen LogP contribution in [0.25, 0.3) is 0 Å². The number of rotatable bonds is 3. The first kappa shape index (κ1) is 16.1. The van der Waals surface area contributed by atoms with Crippen molar-refractivity contribution in [2.75, 3.05) is 4.90 Å². The average Bonchev–Trinajstić information content (AvgIpc) is 2.86. The second-order valence-corrected chi connectivity index (χ2v) is 6.01. The van der Waals surface area contributed by atoms with Crippen LogP contribution in [0.5, 0.6) is 0 Å². The molecule has 1 aliphatic heterocycles. The molecule has 0 fully saturated rings. The van der Waals surface area contributed by atoms with Gasteiger partial charge in [-0.1, -0.05) is 42.5 Å². The van der Waals surface area contributed by atoms with Crippen LogP contribution < -0.4 is 10.6 Å². The fraction of sp³-hybridized carbons (Fsp3) is 0.167. The van der Waals surface area contributed by atoms with Crippen LogP contribution in [0.15, 0.2) is 54.6 Å². The van der Waals surface area contributed by atoms with E-state index in [1.54, 1.807) is 29.2 Å². The Balaban J connectivity index is 2.02. The van der Waals surface area contributed by atoms with E-state index < -0.39 is 6.17 Å². The number of thiocarbonyl (C=S) groups is 1. The highest BCUT2D eigenvalue weighted by molar-refractivity contribution is 7.80. The Morgan fingerprint density at radius 2 is 1.79 bits per heavy atom. The highest BCUT2D eigenvalue weighted by atomic mass is 32.1. The molecule has 24 heavy (non-hydrogen) atoms. The van der Waals surface area contributed by atoms with Crippen LogP contribution in [0.3, 0.4) is 0 Å². The first-order valence-corrected chi connectivity index (χ1v) is 7.94. The number of Topliss-reactive ketones (excluding diaryl/α,β-unsaturated/α-hetero) is 1. The molecule has 2 N–H and O–H groups in total. The van der Waals surface area contributed by atoms with Crippen LogP contribution in [-0.4, -0.2) is 27.9 Å². The second-order valence-electron chi connectivity index (χ2n) is 5.60. The number of hydrogen-bond acceptors (Lipinski definition) is 3. The van der Waals surface area contributed by atoms with Crippen LogP contribution in [0, 0.1) is 0 Å². The standard InChI is InChI=1S/C18H17N3O2S/c1-12(22)21-15-10-6-5-9-14(15)16(23)17(21)20(18(19)24)11-13-7-3-2-4-8-13/h2-10,17H,11H2,1H3,(H2,19,24)/t17-/m1/s1. The average molecular weight is 339 g/mol. The molecule has 3 rings (SSSR count). The molecule has 6 heteroatoms. The maximum absolute atomic E-state index is 12.9. The summed E-state index contributed by atoms with van der Waals surface area (Å²) in [6.07, 6.45) is -0.849. The van der Waals surface area contributed by atoms with Crippen molar-refractivity contribution >= 4 is 34.7 Å². The van der Waals surface area contributed by atoms with Gasteiger partial charge >= 0.3 is 0 Å². The molecule has 0 aliphatic carbocycles. The van der Waals surface area contributed by atoms with Crippen LogP contribution in [0.1, 0.15) is 22.8 Å². The molecule has 0 unspecified atom stereocenters. The molecule has 5 nitrogen and oxygen atoms in total. The van der Waals surface area contributed by atoms with Gasteiger partial charge in [-0.15, -0.1) is 0 Å². The lowest BCUT2D eigenvalue weighted by Crippen LogP contribution is -2.54. The molecule has 0 radical (unpaired) electrons. The number of amides is 1. The molecule has 2 aromatic rings. The third-order valence-corrected chi connectivity index (χ3v) is 4.26. The van der Waals surface area contributed by atoms with Crippen molar-refractivity contribution < 1.29 is 9.59 Å².